The molecule has 9 aromatic rings. The van der Waals surface area contributed by atoms with E-state index in [4.69, 9.17) is 4.42 Å². The minimum absolute atomic E-state index is 0.923. The van der Waals surface area contributed by atoms with Gasteiger partial charge in [0.1, 0.15) is 11.1 Å². The van der Waals surface area contributed by atoms with Gasteiger partial charge in [-0.05, 0) is 65.2 Å². The van der Waals surface area contributed by atoms with Crippen molar-refractivity contribution in [1.82, 2.24) is 4.57 Å². The zero-order valence-electron chi connectivity index (χ0n) is 22.0. The van der Waals surface area contributed by atoms with Crippen molar-refractivity contribution >= 4 is 64.5 Å². The predicted molar refractivity (Wildman–Crippen MR) is 174 cm³/mol. The average molecular weight is 542 g/mol. The first-order valence-corrected chi connectivity index (χ1v) is 14.7. The molecule has 0 amide bonds. The predicted octanol–water partition coefficient (Wildman–Crippen LogP) is 11.2. The van der Waals surface area contributed by atoms with Crippen LogP contribution in [0.4, 0.5) is 0 Å². The van der Waals surface area contributed by atoms with Crippen LogP contribution in [0.3, 0.4) is 0 Å². The fourth-order valence-electron chi connectivity index (χ4n) is 6.31. The van der Waals surface area contributed by atoms with Gasteiger partial charge in [-0.25, -0.2) is 0 Å². The number of fused-ring (bicyclic) bond motifs is 8. The number of aromatic nitrogens is 1. The summed E-state index contributed by atoms with van der Waals surface area (Å²) in [6.45, 7) is 0. The van der Waals surface area contributed by atoms with E-state index >= 15 is 0 Å². The number of nitrogens with zero attached hydrogens (tertiary/aromatic N) is 1. The Balaban J connectivity index is 1.20. The highest BCUT2D eigenvalue weighted by Crippen LogP contribution is 2.42. The first-order chi connectivity index (χ1) is 20.3. The van der Waals surface area contributed by atoms with Gasteiger partial charge in [-0.2, -0.15) is 0 Å². The number of hydrogen-bond acceptors (Lipinski definition) is 2. The second-order valence-corrected chi connectivity index (χ2v) is 11.6. The summed E-state index contributed by atoms with van der Waals surface area (Å²) in [5.74, 6) is 0. The van der Waals surface area contributed by atoms with Crippen LogP contribution in [0.15, 0.2) is 144 Å². The fraction of sp³-hybridized carbons (Fsp3) is 0. The van der Waals surface area contributed by atoms with Gasteiger partial charge < -0.3 is 8.98 Å². The van der Waals surface area contributed by atoms with Crippen LogP contribution in [-0.2, 0) is 0 Å². The van der Waals surface area contributed by atoms with Crippen LogP contribution in [0, 0.1) is 0 Å². The van der Waals surface area contributed by atoms with Crippen LogP contribution >= 0.6 is 11.3 Å². The zero-order valence-corrected chi connectivity index (χ0v) is 22.9. The van der Waals surface area contributed by atoms with E-state index in [1.54, 1.807) is 0 Å². The van der Waals surface area contributed by atoms with Crippen molar-refractivity contribution in [3.63, 3.8) is 0 Å². The highest BCUT2D eigenvalue weighted by atomic mass is 32.1. The molecule has 0 saturated carbocycles. The summed E-state index contributed by atoms with van der Waals surface area (Å²) in [6, 6.07) is 49.9. The summed E-state index contributed by atoms with van der Waals surface area (Å²) in [5.41, 5.74) is 9.95. The van der Waals surface area contributed by atoms with Gasteiger partial charge in [-0.1, -0.05) is 91.0 Å². The molecule has 0 aliphatic heterocycles. The van der Waals surface area contributed by atoms with Crippen molar-refractivity contribution in [1.29, 1.82) is 0 Å². The van der Waals surface area contributed by atoms with E-state index in [1.165, 1.54) is 31.3 Å². The first-order valence-electron chi connectivity index (χ1n) is 13.9. The molecule has 0 unspecified atom stereocenters. The summed E-state index contributed by atoms with van der Waals surface area (Å²) in [6.07, 6.45) is 0. The van der Waals surface area contributed by atoms with E-state index in [0.717, 1.165) is 49.8 Å². The Morgan fingerprint density at radius 3 is 2.02 bits per heavy atom. The largest absolute Gasteiger partial charge is 0.453 e. The number of rotatable bonds is 3. The van der Waals surface area contributed by atoms with Gasteiger partial charge in [0.2, 0.25) is 0 Å². The van der Waals surface area contributed by atoms with Gasteiger partial charge in [0.15, 0.2) is 5.58 Å². The number of benzene rings is 6. The van der Waals surface area contributed by atoms with Crippen molar-refractivity contribution in [2.75, 3.05) is 0 Å². The molecule has 0 bridgehead atoms. The highest BCUT2D eigenvalue weighted by Gasteiger charge is 2.21. The molecule has 41 heavy (non-hydrogen) atoms. The maximum absolute atomic E-state index is 6.73. The molecule has 0 fully saturated rings. The normalized spacial score (nSPS) is 11.9. The van der Waals surface area contributed by atoms with Gasteiger partial charge in [0.05, 0.1) is 5.52 Å². The lowest BCUT2D eigenvalue weighted by atomic mass is 9.98. The Labute approximate surface area is 240 Å². The van der Waals surface area contributed by atoms with E-state index in [0.29, 0.717) is 0 Å². The molecule has 0 radical (unpaired) electrons. The Morgan fingerprint density at radius 1 is 0.463 bits per heavy atom. The molecule has 3 heterocycles. The number of thiophene rings is 1. The number of hydrogen-bond donors (Lipinski definition) is 0. The topological polar surface area (TPSA) is 18.1 Å². The van der Waals surface area contributed by atoms with Gasteiger partial charge in [-0.3, -0.25) is 0 Å². The minimum atomic E-state index is 0.923. The van der Waals surface area contributed by atoms with Crippen molar-refractivity contribution in [2.24, 2.45) is 0 Å². The lowest BCUT2D eigenvalue weighted by Crippen LogP contribution is -1.92. The molecule has 3 aromatic heterocycles. The van der Waals surface area contributed by atoms with E-state index < -0.39 is 0 Å². The standard InChI is InChI=1S/C38H23NOS/c1-2-9-27(10-3-1)39-33-15-6-4-12-30(33)38-36(39)31-14-8-13-28(37(31)40-38)25-19-17-24(18-20-25)26-21-22-35-32(23-26)29-11-5-7-16-34(29)41-35/h1-23H. The summed E-state index contributed by atoms with van der Waals surface area (Å²) in [4.78, 5) is 0. The quantitative estimate of drug-likeness (QED) is 0.217. The first kappa shape index (κ1) is 22.7. The Hall–Kier alpha value is -5.12. The Bertz CT molecular complexity index is 2410. The average Bonchev–Trinajstić information content (AvgIpc) is 3.70. The van der Waals surface area contributed by atoms with E-state index in [9.17, 15) is 0 Å². The molecule has 0 spiro atoms. The lowest BCUT2D eigenvalue weighted by Gasteiger charge is -2.08. The minimum Gasteiger partial charge on any atom is -0.453 e. The molecule has 192 valence electrons. The zero-order chi connectivity index (χ0) is 26.9. The number of furan rings is 1. The maximum atomic E-state index is 6.73. The molecule has 9 rings (SSSR count). The van der Waals surface area contributed by atoms with Gasteiger partial charge >= 0.3 is 0 Å². The second kappa shape index (κ2) is 8.69. The second-order valence-electron chi connectivity index (χ2n) is 10.5. The highest BCUT2D eigenvalue weighted by molar-refractivity contribution is 7.25. The molecule has 0 aliphatic rings. The monoisotopic (exact) mass is 541 g/mol. The summed E-state index contributed by atoms with van der Waals surface area (Å²) in [5, 5.41) is 4.90. The molecule has 0 N–H and O–H groups in total. The fourth-order valence-corrected chi connectivity index (χ4v) is 7.40. The molecular weight excluding hydrogens is 518 g/mol. The van der Waals surface area contributed by atoms with Crippen molar-refractivity contribution in [3.05, 3.63) is 140 Å². The Morgan fingerprint density at radius 2 is 1.15 bits per heavy atom. The summed E-state index contributed by atoms with van der Waals surface area (Å²) < 4.78 is 11.7. The molecule has 0 aliphatic carbocycles. The van der Waals surface area contributed by atoms with Crippen molar-refractivity contribution < 1.29 is 4.42 Å². The lowest BCUT2D eigenvalue weighted by molar-refractivity contribution is 0.674. The molecular formula is C38H23NOS. The molecule has 0 saturated heterocycles. The van der Waals surface area contributed by atoms with Crippen LogP contribution in [-0.4, -0.2) is 4.57 Å². The van der Waals surface area contributed by atoms with Crippen molar-refractivity contribution in [3.8, 4) is 27.9 Å². The van der Waals surface area contributed by atoms with Crippen LogP contribution < -0.4 is 0 Å². The molecule has 6 aromatic carbocycles. The molecule has 2 nitrogen and oxygen atoms in total. The Kier molecular flexibility index (Phi) is 4.80. The SMILES string of the molecule is c1ccc(-n2c3ccccc3c3oc4c(-c5ccc(-c6ccc7sc8ccccc8c7c6)cc5)cccc4c32)cc1. The van der Waals surface area contributed by atoms with Crippen LogP contribution in [0.1, 0.15) is 0 Å². The third-order valence-electron chi connectivity index (χ3n) is 8.22. The van der Waals surface area contributed by atoms with E-state index in [1.807, 2.05) is 11.3 Å². The van der Waals surface area contributed by atoms with Crippen LogP contribution in [0.2, 0.25) is 0 Å². The van der Waals surface area contributed by atoms with E-state index in [2.05, 4.69) is 144 Å². The summed E-state index contributed by atoms with van der Waals surface area (Å²) in [7, 11) is 0. The number of para-hydroxylation sites is 3. The third kappa shape index (κ3) is 3.36. The van der Waals surface area contributed by atoms with Crippen LogP contribution in [0.25, 0.3) is 81.1 Å². The summed E-state index contributed by atoms with van der Waals surface area (Å²) >= 11 is 1.86. The van der Waals surface area contributed by atoms with Crippen molar-refractivity contribution in [2.45, 2.75) is 0 Å². The van der Waals surface area contributed by atoms with Gasteiger partial charge in [0, 0.05) is 42.2 Å². The van der Waals surface area contributed by atoms with Gasteiger partial charge in [-0.15, -0.1) is 11.3 Å². The maximum Gasteiger partial charge on any atom is 0.161 e. The third-order valence-corrected chi connectivity index (χ3v) is 9.37. The molecule has 0 atom stereocenters. The van der Waals surface area contributed by atoms with E-state index in [-0.39, 0.29) is 0 Å². The van der Waals surface area contributed by atoms with Crippen LogP contribution in [0.5, 0.6) is 0 Å². The molecule has 3 heteroatoms. The van der Waals surface area contributed by atoms with Gasteiger partial charge in [0.25, 0.3) is 0 Å². The smallest absolute Gasteiger partial charge is 0.161 e.